The van der Waals surface area contributed by atoms with Gasteiger partial charge in [0.05, 0.1) is 13.5 Å². The van der Waals surface area contributed by atoms with E-state index in [0.29, 0.717) is 0 Å². The van der Waals surface area contributed by atoms with Crippen LogP contribution in [0.1, 0.15) is 32.3 Å². The first kappa shape index (κ1) is 15.5. The number of hydrogen-bond acceptors (Lipinski definition) is 3. The second-order valence-corrected chi connectivity index (χ2v) is 5.75. The Balaban J connectivity index is 2.49. The minimum atomic E-state index is -0.425. The molecule has 0 aliphatic heterocycles. The predicted molar refractivity (Wildman–Crippen MR) is 86.2 cm³/mol. The molecule has 0 aliphatic carbocycles. The Labute approximate surface area is 126 Å². The molecule has 21 heavy (non-hydrogen) atoms. The van der Waals surface area contributed by atoms with Gasteiger partial charge in [0.2, 0.25) is 0 Å². The second-order valence-electron chi connectivity index (χ2n) is 5.75. The summed E-state index contributed by atoms with van der Waals surface area (Å²) in [5, 5.41) is 2.35. The van der Waals surface area contributed by atoms with Crippen molar-refractivity contribution in [3.8, 4) is 0 Å². The van der Waals surface area contributed by atoms with Gasteiger partial charge in [-0.2, -0.15) is 0 Å². The van der Waals surface area contributed by atoms with Gasteiger partial charge in [-0.3, -0.25) is 4.79 Å². The molecule has 3 heteroatoms. The average molecular weight is 285 g/mol. The molecule has 2 aromatic rings. The minimum absolute atomic E-state index is 0.0993. The number of nitrogens with two attached hydrogens (primary N) is 1. The molecule has 2 atom stereocenters. The van der Waals surface area contributed by atoms with E-state index in [1.54, 1.807) is 0 Å². The normalized spacial score (nSPS) is 15.4. The van der Waals surface area contributed by atoms with Crippen molar-refractivity contribution in [2.45, 2.75) is 38.1 Å². The smallest absolute Gasteiger partial charge is 0.306 e. The Morgan fingerprint density at radius 3 is 2.52 bits per heavy atom. The van der Waals surface area contributed by atoms with E-state index >= 15 is 0 Å². The lowest BCUT2D eigenvalue weighted by molar-refractivity contribution is -0.142. The van der Waals surface area contributed by atoms with Gasteiger partial charge in [0.25, 0.3) is 0 Å². The third-order valence-corrected chi connectivity index (χ3v) is 4.41. The standard InChI is InChI=1S/C18H23NO2/c1-4-16(19)18(2,12-17(20)21-3)15-10-9-13-7-5-6-8-14(13)11-15/h5-11,16H,4,12,19H2,1-3H3. The van der Waals surface area contributed by atoms with E-state index in [1.807, 2.05) is 26.0 Å². The Morgan fingerprint density at radius 2 is 1.90 bits per heavy atom. The highest BCUT2D eigenvalue weighted by molar-refractivity contribution is 5.83. The molecule has 0 bridgehead atoms. The van der Waals surface area contributed by atoms with Crippen LogP contribution < -0.4 is 5.73 Å². The maximum Gasteiger partial charge on any atom is 0.306 e. The summed E-state index contributed by atoms with van der Waals surface area (Å²) < 4.78 is 4.86. The van der Waals surface area contributed by atoms with Crippen LogP contribution in [0.5, 0.6) is 0 Å². The number of hydrogen-bond donors (Lipinski definition) is 1. The number of carbonyl (C=O) groups is 1. The van der Waals surface area contributed by atoms with Crippen LogP contribution in [0.3, 0.4) is 0 Å². The van der Waals surface area contributed by atoms with Crippen molar-refractivity contribution in [1.29, 1.82) is 0 Å². The summed E-state index contributed by atoms with van der Waals surface area (Å²) in [4.78, 5) is 11.8. The summed E-state index contributed by atoms with van der Waals surface area (Å²) in [6.07, 6.45) is 1.09. The van der Waals surface area contributed by atoms with Gasteiger partial charge < -0.3 is 10.5 Å². The number of carbonyl (C=O) groups excluding carboxylic acids is 1. The molecule has 0 saturated heterocycles. The van der Waals surface area contributed by atoms with Crippen molar-refractivity contribution in [3.63, 3.8) is 0 Å². The first-order valence-corrected chi connectivity index (χ1v) is 7.33. The molecule has 2 aromatic carbocycles. The maximum absolute atomic E-state index is 11.8. The summed E-state index contributed by atoms with van der Waals surface area (Å²) >= 11 is 0. The first-order chi connectivity index (χ1) is 10.0. The Hall–Kier alpha value is -1.87. The van der Waals surface area contributed by atoms with Crippen molar-refractivity contribution in [2.75, 3.05) is 7.11 Å². The van der Waals surface area contributed by atoms with Crippen LogP contribution in [0.2, 0.25) is 0 Å². The Morgan fingerprint density at radius 1 is 1.24 bits per heavy atom. The average Bonchev–Trinajstić information content (AvgIpc) is 2.53. The lowest BCUT2D eigenvalue weighted by atomic mass is 9.72. The van der Waals surface area contributed by atoms with Crippen LogP contribution in [0, 0.1) is 0 Å². The van der Waals surface area contributed by atoms with E-state index in [0.717, 1.165) is 17.4 Å². The van der Waals surface area contributed by atoms with Gasteiger partial charge in [0.1, 0.15) is 0 Å². The van der Waals surface area contributed by atoms with Crippen molar-refractivity contribution in [2.24, 2.45) is 5.73 Å². The highest BCUT2D eigenvalue weighted by Crippen LogP contribution is 2.34. The summed E-state index contributed by atoms with van der Waals surface area (Å²) in [5.74, 6) is -0.227. The van der Waals surface area contributed by atoms with Crippen LogP contribution in [0.4, 0.5) is 0 Å². The van der Waals surface area contributed by atoms with Gasteiger partial charge in [-0.25, -0.2) is 0 Å². The molecule has 2 unspecified atom stereocenters. The maximum atomic E-state index is 11.8. The van der Waals surface area contributed by atoms with E-state index in [2.05, 4.69) is 30.3 Å². The highest BCUT2D eigenvalue weighted by Gasteiger charge is 2.35. The number of fused-ring (bicyclic) bond motifs is 1. The van der Waals surface area contributed by atoms with Crippen molar-refractivity contribution in [1.82, 2.24) is 0 Å². The topological polar surface area (TPSA) is 52.3 Å². The van der Waals surface area contributed by atoms with Gasteiger partial charge >= 0.3 is 5.97 Å². The molecule has 0 radical (unpaired) electrons. The molecule has 3 nitrogen and oxygen atoms in total. The predicted octanol–water partition coefficient (Wildman–Crippen LogP) is 3.40. The van der Waals surface area contributed by atoms with Crippen molar-refractivity contribution < 1.29 is 9.53 Å². The van der Waals surface area contributed by atoms with E-state index in [-0.39, 0.29) is 18.4 Å². The molecule has 0 aliphatic rings. The van der Waals surface area contributed by atoms with E-state index in [9.17, 15) is 4.79 Å². The van der Waals surface area contributed by atoms with Crippen LogP contribution in [0.15, 0.2) is 42.5 Å². The summed E-state index contributed by atoms with van der Waals surface area (Å²) in [6.45, 7) is 4.09. The quantitative estimate of drug-likeness (QED) is 0.857. The van der Waals surface area contributed by atoms with Crippen LogP contribution >= 0.6 is 0 Å². The zero-order valence-corrected chi connectivity index (χ0v) is 12.9. The highest BCUT2D eigenvalue weighted by atomic mass is 16.5. The van der Waals surface area contributed by atoms with Crippen LogP contribution in [0.25, 0.3) is 10.8 Å². The van der Waals surface area contributed by atoms with Gasteiger partial charge in [0.15, 0.2) is 0 Å². The minimum Gasteiger partial charge on any atom is -0.469 e. The zero-order valence-electron chi connectivity index (χ0n) is 12.9. The Bertz CT molecular complexity index is 638. The fourth-order valence-corrected chi connectivity index (χ4v) is 2.81. The monoisotopic (exact) mass is 285 g/mol. The summed E-state index contributed by atoms with van der Waals surface area (Å²) in [6, 6.07) is 14.4. The number of ether oxygens (including phenoxy) is 1. The van der Waals surface area contributed by atoms with Gasteiger partial charge in [0, 0.05) is 11.5 Å². The third kappa shape index (κ3) is 3.08. The molecule has 112 valence electrons. The molecule has 0 fully saturated rings. The Kier molecular flexibility index (Phi) is 4.63. The SMILES string of the molecule is CCC(N)C(C)(CC(=O)OC)c1ccc2ccccc2c1. The number of methoxy groups -OCH3 is 1. The van der Waals surface area contributed by atoms with E-state index in [1.165, 1.54) is 12.5 Å². The van der Waals surface area contributed by atoms with E-state index < -0.39 is 5.41 Å². The van der Waals surface area contributed by atoms with Crippen LogP contribution in [-0.2, 0) is 14.9 Å². The molecule has 2 rings (SSSR count). The van der Waals surface area contributed by atoms with Crippen molar-refractivity contribution >= 4 is 16.7 Å². The molecule has 0 saturated carbocycles. The molecule has 0 heterocycles. The van der Waals surface area contributed by atoms with E-state index in [4.69, 9.17) is 10.5 Å². The third-order valence-electron chi connectivity index (χ3n) is 4.41. The van der Waals surface area contributed by atoms with Gasteiger partial charge in [-0.1, -0.05) is 56.3 Å². The number of esters is 1. The molecular weight excluding hydrogens is 262 g/mol. The van der Waals surface area contributed by atoms with Gasteiger partial charge in [-0.05, 0) is 22.8 Å². The molecule has 0 aromatic heterocycles. The summed E-state index contributed by atoms with van der Waals surface area (Å²) in [7, 11) is 1.42. The lowest BCUT2D eigenvalue weighted by Gasteiger charge is -2.35. The summed E-state index contributed by atoms with van der Waals surface area (Å²) in [5.41, 5.74) is 6.98. The van der Waals surface area contributed by atoms with Crippen molar-refractivity contribution in [3.05, 3.63) is 48.0 Å². The fraction of sp³-hybridized carbons (Fsp3) is 0.389. The largest absolute Gasteiger partial charge is 0.469 e. The molecular formula is C18H23NO2. The fourth-order valence-electron chi connectivity index (χ4n) is 2.81. The number of rotatable bonds is 5. The zero-order chi connectivity index (χ0) is 15.5. The molecule has 0 spiro atoms. The lowest BCUT2D eigenvalue weighted by Crippen LogP contribution is -2.44. The number of benzene rings is 2. The first-order valence-electron chi connectivity index (χ1n) is 7.33. The van der Waals surface area contributed by atoms with Crippen LogP contribution in [-0.4, -0.2) is 19.1 Å². The second kappa shape index (κ2) is 6.27. The molecule has 2 N–H and O–H groups in total. The van der Waals surface area contributed by atoms with Gasteiger partial charge in [-0.15, -0.1) is 0 Å². The molecule has 0 amide bonds.